The standard InChI is InChI=1S/C19H19F2N3O3S/c1-3-8-24-16-7-6-15(9-14(16)10-22-19(24)25)23-28(26,27)11-13-5-4-12(2)17(20)18(13)21/h4-7,9-10,23H,3,8,11H2,1-2H3. The molecule has 0 amide bonds. The van der Waals surface area contributed by atoms with Gasteiger partial charge in [-0.1, -0.05) is 19.1 Å². The van der Waals surface area contributed by atoms with Gasteiger partial charge in [-0.25, -0.2) is 27.0 Å². The van der Waals surface area contributed by atoms with E-state index in [9.17, 15) is 22.0 Å². The van der Waals surface area contributed by atoms with E-state index in [0.29, 0.717) is 17.4 Å². The summed E-state index contributed by atoms with van der Waals surface area (Å²) >= 11 is 0. The molecular weight excluding hydrogens is 388 g/mol. The van der Waals surface area contributed by atoms with Gasteiger partial charge in [0.15, 0.2) is 11.6 Å². The Bertz CT molecular complexity index is 1210. The average Bonchev–Trinajstić information content (AvgIpc) is 2.64. The van der Waals surface area contributed by atoms with Crippen LogP contribution in [-0.2, 0) is 22.3 Å². The first-order valence-corrected chi connectivity index (χ1v) is 10.3. The first kappa shape index (κ1) is 19.9. The van der Waals surface area contributed by atoms with Crippen LogP contribution in [0.5, 0.6) is 0 Å². The topological polar surface area (TPSA) is 81.1 Å². The summed E-state index contributed by atoms with van der Waals surface area (Å²) < 4.78 is 56.3. The zero-order chi connectivity index (χ0) is 20.5. The number of aromatic nitrogens is 2. The highest BCUT2D eigenvalue weighted by atomic mass is 32.2. The minimum atomic E-state index is -3.98. The van der Waals surface area contributed by atoms with Crippen LogP contribution in [0.1, 0.15) is 24.5 Å². The Kier molecular flexibility index (Phi) is 5.46. The number of anilines is 1. The highest BCUT2D eigenvalue weighted by Gasteiger charge is 2.18. The normalized spacial score (nSPS) is 11.7. The van der Waals surface area contributed by atoms with Crippen LogP contribution in [0, 0.1) is 18.6 Å². The summed E-state index contributed by atoms with van der Waals surface area (Å²) in [7, 11) is -3.98. The van der Waals surface area contributed by atoms with Crippen molar-refractivity contribution in [1.82, 2.24) is 9.55 Å². The summed E-state index contributed by atoms with van der Waals surface area (Å²) in [6.45, 7) is 3.82. The fourth-order valence-corrected chi connectivity index (χ4v) is 4.11. The van der Waals surface area contributed by atoms with Crippen LogP contribution in [0.15, 0.2) is 41.3 Å². The molecule has 0 saturated carbocycles. The Labute approximate surface area is 160 Å². The predicted molar refractivity (Wildman–Crippen MR) is 104 cm³/mol. The molecule has 0 aliphatic rings. The lowest BCUT2D eigenvalue weighted by Crippen LogP contribution is -2.22. The number of nitrogens with one attached hydrogen (secondary N) is 1. The Hall–Kier alpha value is -2.81. The number of halogens is 2. The Balaban J connectivity index is 1.90. The van der Waals surface area contributed by atoms with Crippen molar-refractivity contribution in [1.29, 1.82) is 0 Å². The van der Waals surface area contributed by atoms with Gasteiger partial charge in [0.2, 0.25) is 10.0 Å². The number of benzene rings is 2. The largest absolute Gasteiger partial charge is 0.348 e. The van der Waals surface area contributed by atoms with Gasteiger partial charge in [-0.05, 0) is 37.1 Å². The lowest BCUT2D eigenvalue weighted by molar-refractivity contribution is 0.496. The SMILES string of the molecule is CCCn1c(=O)ncc2cc(NS(=O)(=O)Cc3ccc(C)c(F)c3F)ccc21. The van der Waals surface area contributed by atoms with Crippen LogP contribution in [-0.4, -0.2) is 18.0 Å². The molecule has 3 aromatic rings. The van der Waals surface area contributed by atoms with Crippen molar-refractivity contribution >= 4 is 26.6 Å². The van der Waals surface area contributed by atoms with Gasteiger partial charge in [0.1, 0.15) is 0 Å². The van der Waals surface area contributed by atoms with Gasteiger partial charge < -0.3 is 0 Å². The molecule has 0 unspecified atom stereocenters. The summed E-state index contributed by atoms with van der Waals surface area (Å²) in [6.07, 6.45) is 2.12. The van der Waals surface area contributed by atoms with Crippen molar-refractivity contribution in [3.05, 3.63) is 69.8 Å². The van der Waals surface area contributed by atoms with Gasteiger partial charge in [-0.3, -0.25) is 9.29 Å². The predicted octanol–water partition coefficient (Wildman–Crippen LogP) is 3.34. The Morgan fingerprint density at radius 2 is 1.89 bits per heavy atom. The monoisotopic (exact) mass is 407 g/mol. The summed E-state index contributed by atoms with van der Waals surface area (Å²) in [5.74, 6) is -2.93. The van der Waals surface area contributed by atoms with Crippen LogP contribution in [0.3, 0.4) is 0 Å². The number of hydrogen-bond donors (Lipinski definition) is 1. The molecular formula is C19H19F2N3O3S. The first-order chi connectivity index (χ1) is 13.2. The van der Waals surface area contributed by atoms with Gasteiger partial charge in [0, 0.05) is 29.4 Å². The van der Waals surface area contributed by atoms with E-state index >= 15 is 0 Å². The van der Waals surface area contributed by atoms with Crippen LogP contribution in [0.4, 0.5) is 14.5 Å². The molecule has 0 saturated heterocycles. The number of hydrogen-bond acceptors (Lipinski definition) is 4. The average molecular weight is 407 g/mol. The van der Waals surface area contributed by atoms with Crippen molar-refractivity contribution in [2.75, 3.05) is 4.72 Å². The van der Waals surface area contributed by atoms with Crippen LogP contribution < -0.4 is 10.4 Å². The maximum atomic E-state index is 14.0. The van der Waals surface area contributed by atoms with E-state index in [0.717, 1.165) is 6.42 Å². The molecule has 0 aliphatic heterocycles. The zero-order valence-electron chi connectivity index (χ0n) is 15.4. The number of aryl methyl sites for hydroxylation is 2. The summed E-state index contributed by atoms with van der Waals surface area (Å²) in [5, 5.41) is 0.584. The van der Waals surface area contributed by atoms with Crippen LogP contribution >= 0.6 is 0 Å². The first-order valence-electron chi connectivity index (χ1n) is 8.65. The lowest BCUT2D eigenvalue weighted by atomic mass is 10.1. The molecule has 9 heteroatoms. The zero-order valence-corrected chi connectivity index (χ0v) is 16.2. The molecule has 0 atom stereocenters. The summed E-state index contributed by atoms with van der Waals surface area (Å²) in [5.41, 5.74) is 0.349. The van der Waals surface area contributed by atoms with E-state index in [1.54, 1.807) is 6.07 Å². The van der Waals surface area contributed by atoms with Gasteiger partial charge in [0.05, 0.1) is 11.3 Å². The molecule has 0 radical (unpaired) electrons. The molecule has 3 rings (SSSR count). The molecule has 0 aliphatic carbocycles. The molecule has 2 aromatic carbocycles. The minimum Gasteiger partial charge on any atom is -0.292 e. The van der Waals surface area contributed by atoms with Crippen LogP contribution in [0.2, 0.25) is 0 Å². The van der Waals surface area contributed by atoms with Gasteiger partial charge >= 0.3 is 5.69 Å². The summed E-state index contributed by atoms with van der Waals surface area (Å²) in [6, 6.07) is 7.26. The highest BCUT2D eigenvalue weighted by Crippen LogP contribution is 2.22. The van der Waals surface area contributed by atoms with Crippen molar-refractivity contribution < 1.29 is 17.2 Å². The number of nitrogens with zero attached hydrogens (tertiary/aromatic N) is 2. The van der Waals surface area contributed by atoms with Gasteiger partial charge in [-0.15, -0.1) is 0 Å². The Morgan fingerprint density at radius 3 is 2.61 bits per heavy atom. The maximum Gasteiger partial charge on any atom is 0.348 e. The highest BCUT2D eigenvalue weighted by molar-refractivity contribution is 7.91. The third kappa shape index (κ3) is 4.04. The summed E-state index contributed by atoms with van der Waals surface area (Å²) in [4.78, 5) is 15.7. The molecule has 0 spiro atoms. The quantitative estimate of drug-likeness (QED) is 0.680. The number of sulfonamides is 1. The fraction of sp³-hybridized carbons (Fsp3) is 0.263. The smallest absolute Gasteiger partial charge is 0.292 e. The van der Waals surface area contributed by atoms with Crippen LogP contribution in [0.25, 0.3) is 10.9 Å². The molecule has 0 fully saturated rings. The molecule has 1 N–H and O–H groups in total. The molecule has 6 nitrogen and oxygen atoms in total. The third-order valence-corrected chi connectivity index (χ3v) is 5.52. The maximum absolute atomic E-state index is 14.0. The minimum absolute atomic E-state index is 0.103. The second-order valence-electron chi connectivity index (χ2n) is 6.50. The van der Waals surface area contributed by atoms with Crippen molar-refractivity contribution in [2.45, 2.75) is 32.6 Å². The van der Waals surface area contributed by atoms with E-state index in [1.807, 2.05) is 6.92 Å². The number of fused-ring (bicyclic) bond motifs is 1. The second kappa shape index (κ2) is 7.67. The third-order valence-electron chi connectivity index (χ3n) is 4.28. The molecule has 1 aromatic heterocycles. The molecule has 28 heavy (non-hydrogen) atoms. The van der Waals surface area contributed by atoms with Crippen molar-refractivity contribution in [3.8, 4) is 0 Å². The molecule has 0 bridgehead atoms. The van der Waals surface area contributed by atoms with Crippen molar-refractivity contribution in [3.63, 3.8) is 0 Å². The van der Waals surface area contributed by atoms with Crippen molar-refractivity contribution in [2.24, 2.45) is 0 Å². The van der Waals surface area contributed by atoms with Gasteiger partial charge in [-0.2, -0.15) is 0 Å². The second-order valence-corrected chi connectivity index (χ2v) is 8.22. The van der Waals surface area contributed by atoms with E-state index in [2.05, 4.69) is 9.71 Å². The van der Waals surface area contributed by atoms with Gasteiger partial charge in [0.25, 0.3) is 0 Å². The van der Waals surface area contributed by atoms with E-state index in [1.165, 1.54) is 42.0 Å². The van der Waals surface area contributed by atoms with E-state index in [4.69, 9.17) is 0 Å². The fourth-order valence-electron chi connectivity index (χ4n) is 2.92. The van der Waals surface area contributed by atoms with E-state index < -0.39 is 27.4 Å². The lowest BCUT2D eigenvalue weighted by Gasteiger charge is -2.12. The number of rotatable bonds is 6. The Morgan fingerprint density at radius 1 is 1.14 bits per heavy atom. The molecule has 1 heterocycles. The molecule has 148 valence electrons. The van der Waals surface area contributed by atoms with E-state index in [-0.39, 0.29) is 22.5 Å².